The van der Waals surface area contributed by atoms with Gasteiger partial charge < -0.3 is 10.1 Å². The first-order chi connectivity index (χ1) is 19.3. The molecule has 4 aromatic rings. The molecule has 0 bridgehead atoms. The molecule has 40 heavy (non-hydrogen) atoms. The summed E-state index contributed by atoms with van der Waals surface area (Å²) < 4.78 is 0. The van der Waals surface area contributed by atoms with Crippen molar-refractivity contribution in [1.82, 2.24) is 10.3 Å². The smallest absolute Gasteiger partial charge is 0.325 e. The number of fused-ring (bicyclic) bond motifs is 2. The van der Waals surface area contributed by atoms with Gasteiger partial charge in [-0.05, 0) is 23.3 Å². The van der Waals surface area contributed by atoms with Crippen LogP contribution in [0, 0.1) is 22.0 Å². The number of carboxylic acid groups (broad SMARTS) is 1. The highest BCUT2D eigenvalue weighted by Gasteiger charge is 2.68. The van der Waals surface area contributed by atoms with Gasteiger partial charge in [0.15, 0.2) is 0 Å². The van der Waals surface area contributed by atoms with Crippen LogP contribution < -0.4 is 10.2 Å². The fourth-order valence-electron chi connectivity index (χ4n) is 6.00. The maximum atomic E-state index is 14.0. The predicted molar refractivity (Wildman–Crippen MR) is 147 cm³/mol. The highest BCUT2D eigenvalue weighted by atomic mass is 16.6. The molecule has 10 heteroatoms. The van der Waals surface area contributed by atoms with Crippen LogP contribution in [-0.2, 0) is 20.8 Å². The van der Waals surface area contributed by atoms with Crippen molar-refractivity contribution in [3.63, 3.8) is 0 Å². The highest BCUT2D eigenvalue weighted by molar-refractivity contribution is 6.24. The summed E-state index contributed by atoms with van der Waals surface area (Å²) in [6, 6.07) is 21.2. The van der Waals surface area contributed by atoms with E-state index in [9.17, 15) is 29.6 Å². The lowest BCUT2D eigenvalue weighted by atomic mass is 9.76. The molecule has 3 aromatic carbocycles. The van der Waals surface area contributed by atoms with Crippen molar-refractivity contribution in [2.75, 3.05) is 4.90 Å². The number of nitrogens with zero attached hydrogens (tertiary/aromatic N) is 2. The second kappa shape index (κ2) is 9.58. The number of para-hydroxylation sites is 1. The molecule has 1 aromatic heterocycles. The Morgan fingerprint density at radius 3 is 2.52 bits per heavy atom. The third-order valence-electron chi connectivity index (χ3n) is 7.81. The van der Waals surface area contributed by atoms with Gasteiger partial charge in [-0.3, -0.25) is 29.8 Å². The molecule has 2 aliphatic heterocycles. The van der Waals surface area contributed by atoms with Gasteiger partial charge in [-0.25, -0.2) is 4.90 Å². The van der Waals surface area contributed by atoms with E-state index in [1.807, 2.05) is 54.6 Å². The van der Waals surface area contributed by atoms with E-state index in [-0.39, 0.29) is 17.8 Å². The van der Waals surface area contributed by atoms with Gasteiger partial charge in [0.1, 0.15) is 5.54 Å². The first-order valence-electron chi connectivity index (χ1n) is 12.7. The van der Waals surface area contributed by atoms with Crippen LogP contribution in [0.5, 0.6) is 0 Å². The van der Waals surface area contributed by atoms with Gasteiger partial charge >= 0.3 is 5.97 Å². The predicted octanol–water partition coefficient (Wildman–Crippen LogP) is 3.93. The number of imide groups is 1. The molecule has 3 heterocycles. The Labute approximate surface area is 228 Å². The van der Waals surface area contributed by atoms with E-state index in [4.69, 9.17) is 0 Å². The molecular formula is C30H24N4O6. The summed E-state index contributed by atoms with van der Waals surface area (Å²) in [6.45, 7) is 0. The molecule has 3 N–H and O–H groups in total. The molecule has 0 aliphatic carbocycles. The highest BCUT2D eigenvalue weighted by Crippen LogP contribution is 2.47. The number of aromatic nitrogens is 1. The SMILES string of the molecule is O=C1C2C(/C=C/c3ccccc3)NC(Cc3c[nH]c4ccccc34)(C(=O)O)C2C(=O)N1c1cccc([N+](=O)[O-])c1. The number of nitro groups is 1. The summed E-state index contributed by atoms with van der Waals surface area (Å²) in [5.41, 5.74) is 0.292. The van der Waals surface area contributed by atoms with Gasteiger partial charge in [0.2, 0.25) is 11.8 Å². The van der Waals surface area contributed by atoms with Crippen molar-refractivity contribution >= 4 is 46.1 Å². The normalized spacial score (nSPS) is 24.2. The molecular weight excluding hydrogens is 512 g/mol. The number of carbonyl (C=O) groups is 3. The molecule has 4 unspecified atom stereocenters. The van der Waals surface area contributed by atoms with Crippen molar-refractivity contribution in [3.8, 4) is 0 Å². The van der Waals surface area contributed by atoms with Crippen LogP contribution in [0.2, 0.25) is 0 Å². The number of hydrogen-bond donors (Lipinski definition) is 3. The molecule has 0 radical (unpaired) electrons. The number of aliphatic carboxylic acids is 1. The summed E-state index contributed by atoms with van der Waals surface area (Å²) in [7, 11) is 0. The first kappa shape index (κ1) is 25.2. The zero-order valence-electron chi connectivity index (χ0n) is 21.1. The minimum Gasteiger partial charge on any atom is -0.480 e. The van der Waals surface area contributed by atoms with Crippen LogP contribution in [0.15, 0.2) is 91.1 Å². The molecule has 4 atom stereocenters. The van der Waals surface area contributed by atoms with Crippen LogP contribution in [0.4, 0.5) is 11.4 Å². The van der Waals surface area contributed by atoms with E-state index in [0.29, 0.717) is 5.56 Å². The number of amides is 2. The van der Waals surface area contributed by atoms with E-state index in [2.05, 4.69) is 10.3 Å². The number of H-pyrrole nitrogens is 1. The van der Waals surface area contributed by atoms with Gasteiger partial charge in [0, 0.05) is 41.7 Å². The second-order valence-corrected chi connectivity index (χ2v) is 10.0. The van der Waals surface area contributed by atoms with Crippen molar-refractivity contribution in [2.24, 2.45) is 11.8 Å². The van der Waals surface area contributed by atoms with E-state index in [1.54, 1.807) is 18.3 Å². The largest absolute Gasteiger partial charge is 0.480 e. The summed E-state index contributed by atoms with van der Waals surface area (Å²) in [5, 5.41) is 26.1. The number of anilines is 1. The lowest BCUT2D eigenvalue weighted by Crippen LogP contribution is -2.58. The quantitative estimate of drug-likeness (QED) is 0.184. The fourth-order valence-corrected chi connectivity index (χ4v) is 6.00. The van der Waals surface area contributed by atoms with E-state index < -0.39 is 46.1 Å². The van der Waals surface area contributed by atoms with Gasteiger partial charge in [-0.15, -0.1) is 0 Å². The standard InChI is InChI=1S/C30H24N4O6/c35-27-25-24(14-13-18-7-2-1-3-8-18)32-30(29(37)38,16-19-17-31-23-12-5-4-11-22(19)23)26(25)28(36)33(27)20-9-6-10-21(15-20)34(39)40/h1-15,17,24-26,31-32H,16H2,(H,37,38)/b14-13+. The number of benzene rings is 3. The maximum absolute atomic E-state index is 14.0. The summed E-state index contributed by atoms with van der Waals surface area (Å²) >= 11 is 0. The van der Waals surface area contributed by atoms with Crippen LogP contribution >= 0.6 is 0 Å². The summed E-state index contributed by atoms with van der Waals surface area (Å²) in [5.74, 6) is -4.86. The Kier molecular flexibility index (Phi) is 6.04. The number of rotatable bonds is 7. The summed E-state index contributed by atoms with van der Waals surface area (Å²) in [6.07, 6.45) is 5.16. The average Bonchev–Trinajstić information content (AvgIpc) is 3.60. The lowest BCUT2D eigenvalue weighted by molar-refractivity contribution is -0.384. The first-order valence-corrected chi connectivity index (χ1v) is 12.7. The topological polar surface area (TPSA) is 146 Å². The Bertz CT molecular complexity index is 1700. The molecule has 6 rings (SSSR count). The van der Waals surface area contributed by atoms with Crippen LogP contribution in [-0.4, -0.2) is 44.4 Å². The number of nitro benzene ring substituents is 1. The zero-order chi connectivity index (χ0) is 28.0. The maximum Gasteiger partial charge on any atom is 0.325 e. The molecule has 2 fully saturated rings. The Morgan fingerprint density at radius 2 is 1.77 bits per heavy atom. The van der Waals surface area contributed by atoms with Gasteiger partial charge in [0.25, 0.3) is 5.69 Å². The third-order valence-corrected chi connectivity index (χ3v) is 7.81. The number of nitrogens with one attached hydrogen (secondary N) is 2. The Morgan fingerprint density at radius 1 is 1.02 bits per heavy atom. The van der Waals surface area contributed by atoms with E-state index >= 15 is 0 Å². The Hall–Kier alpha value is -5.09. The van der Waals surface area contributed by atoms with Gasteiger partial charge in [-0.2, -0.15) is 0 Å². The van der Waals surface area contributed by atoms with Crippen molar-refractivity contribution in [2.45, 2.75) is 18.0 Å². The number of carbonyl (C=O) groups excluding carboxylic acids is 2. The van der Waals surface area contributed by atoms with Gasteiger partial charge in [-0.1, -0.05) is 66.7 Å². The fraction of sp³-hybridized carbons (Fsp3) is 0.167. The van der Waals surface area contributed by atoms with E-state index in [1.165, 1.54) is 18.2 Å². The number of hydrogen-bond acceptors (Lipinski definition) is 6. The van der Waals surface area contributed by atoms with Gasteiger partial charge in [0.05, 0.1) is 22.4 Å². The lowest BCUT2D eigenvalue weighted by Gasteiger charge is -2.30. The summed E-state index contributed by atoms with van der Waals surface area (Å²) in [4.78, 5) is 55.9. The second-order valence-electron chi connectivity index (χ2n) is 10.0. The van der Waals surface area contributed by atoms with Crippen molar-refractivity contribution < 1.29 is 24.4 Å². The molecule has 0 spiro atoms. The molecule has 0 saturated carbocycles. The molecule has 10 nitrogen and oxygen atoms in total. The molecule has 2 amide bonds. The van der Waals surface area contributed by atoms with Crippen LogP contribution in [0.1, 0.15) is 11.1 Å². The molecule has 2 saturated heterocycles. The minimum atomic E-state index is -1.82. The number of carboxylic acids is 1. The van der Waals surface area contributed by atoms with Crippen LogP contribution in [0.25, 0.3) is 17.0 Å². The monoisotopic (exact) mass is 536 g/mol. The molecule has 2 aliphatic rings. The van der Waals surface area contributed by atoms with Crippen molar-refractivity contribution in [3.05, 3.63) is 112 Å². The third kappa shape index (κ3) is 3.97. The number of aromatic amines is 1. The number of non-ortho nitro benzene ring substituents is 1. The van der Waals surface area contributed by atoms with Crippen LogP contribution in [0.3, 0.4) is 0 Å². The van der Waals surface area contributed by atoms with Crippen molar-refractivity contribution in [1.29, 1.82) is 0 Å². The Balaban J connectivity index is 1.47. The average molecular weight is 537 g/mol. The zero-order valence-corrected chi connectivity index (χ0v) is 21.1. The van der Waals surface area contributed by atoms with E-state index in [0.717, 1.165) is 27.4 Å². The minimum absolute atomic E-state index is 0.0378. The molecule has 200 valence electrons.